The van der Waals surface area contributed by atoms with E-state index in [1.807, 2.05) is 25.2 Å². The minimum atomic E-state index is -4.48. The van der Waals surface area contributed by atoms with E-state index in [1.54, 1.807) is 23.1 Å². The van der Waals surface area contributed by atoms with E-state index in [0.29, 0.717) is 23.8 Å². The number of likely N-dealkylation sites (N-methyl/N-ethyl adjacent to an activating group) is 1. The van der Waals surface area contributed by atoms with Gasteiger partial charge in [-0.15, -0.1) is 0 Å². The molecule has 0 spiro atoms. The number of hydrogen-bond donors (Lipinski definition) is 1. The third-order valence-corrected chi connectivity index (χ3v) is 5.54. The number of anilines is 3. The Hall–Kier alpha value is -2.84. The lowest BCUT2D eigenvalue weighted by atomic mass is 10.1. The zero-order valence-corrected chi connectivity index (χ0v) is 17.6. The van der Waals surface area contributed by atoms with E-state index >= 15 is 0 Å². The summed E-state index contributed by atoms with van der Waals surface area (Å²) in [5.74, 6) is 0.192. The quantitative estimate of drug-likeness (QED) is 0.587. The van der Waals surface area contributed by atoms with Crippen LogP contribution in [-0.4, -0.2) is 48.1 Å². The van der Waals surface area contributed by atoms with Crippen molar-refractivity contribution < 1.29 is 13.2 Å². The number of nitrogens with one attached hydrogen (secondary N) is 1. The minimum absolute atomic E-state index is 0.192. The molecule has 1 aliphatic heterocycles. The van der Waals surface area contributed by atoms with Gasteiger partial charge in [0.05, 0.1) is 11.3 Å². The number of rotatable bonds is 4. The normalized spacial score (nSPS) is 15.2. The summed E-state index contributed by atoms with van der Waals surface area (Å²) in [7, 11) is 1.96. The molecule has 0 aliphatic carbocycles. The van der Waals surface area contributed by atoms with Gasteiger partial charge in [0.1, 0.15) is 0 Å². The summed E-state index contributed by atoms with van der Waals surface area (Å²) in [6.45, 7) is 2.55. The maximum atomic E-state index is 13.8. The third-order valence-electron chi connectivity index (χ3n) is 5.21. The molecule has 162 valence electrons. The summed E-state index contributed by atoms with van der Waals surface area (Å²) in [5, 5.41) is 3.42. The standard InChI is InChI=1S/C22H21ClF3N5/c1-30-10-12-31(13-11-30)20-7-6-15(14-17(20)22(24,25)26)28-21-27-9-8-19(29-21)16-4-2-3-5-18(16)23/h2-9,14H,10-13H2,1H3,(H,27,28,29). The molecular weight excluding hydrogens is 427 g/mol. The summed E-state index contributed by atoms with van der Waals surface area (Å²) in [4.78, 5) is 12.4. The van der Waals surface area contributed by atoms with Gasteiger partial charge in [0.2, 0.25) is 5.95 Å². The van der Waals surface area contributed by atoms with Crippen LogP contribution in [0.1, 0.15) is 5.56 Å². The Morgan fingerprint density at radius 2 is 1.74 bits per heavy atom. The van der Waals surface area contributed by atoms with Crippen molar-refractivity contribution >= 4 is 28.9 Å². The summed E-state index contributed by atoms with van der Waals surface area (Å²) >= 11 is 6.23. The van der Waals surface area contributed by atoms with E-state index in [2.05, 4.69) is 20.2 Å². The second-order valence-electron chi connectivity index (χ2n) is 7.39. The van der Waals surface area contributed by atoms with Gasteiger partial charge in [0, 0.05) is 54.3 Å². The van der Waals surface area contributed by atoms with E-state index in [1.165, 1.54) is 12.3 Å². The Bertz CT molecular complexity index is 1070. The SMILES string of the molecule is CN1CCN(c2ccc(Nc3nccc(-c4ccccc4Cl)n3)cc2C(F)(F)F)CC1. The third kappa shape index (κ3) is 4.91. The fourth-order valence-corrected chi connectivity index (χ4v) is 3.76. The van der Waals surface area contributed by atoms with E-state index < -0.39 is 11.7 Å². The highest BCUT2D eigenvalue weighted by atomic mass is 35.5. The van der Waals surface area contributed by atoms with Crippen LogP contribution in [0.4, 0.5) is 30.5 Å². The molecule has 4 rings (SSSR count). The molecule has 0 bridgehead atoms. The molecule has 0 saturated carbocycles. The molecule has 1 aliphatic rings. The molecule has 31 heavy (non-hydrogen) atoms. The minimum Gasteiger partial charge on any atom is -0.368 e. The maximum absolute atomic E-state index is 13.8. The fourth-order valence-electron chi connectivity index (χ4n) is 3.53. The largest absolute Gasteiger partial charge is 0.418 e. The molecule has 2 heterocycles. The Morgan fingerprint density at radius 1 is 1.00 bits per heavy atom. The maximum Gasteiger partial charge on any atom is 0.418 e. The Morgan fingerprint density at radius 3 is 2.45 bits per heavy atom. The van der Waals surface area contributed by atoms with Crippen molar-refractivity contribution in [3.8, 4) is 11.3 Å². The van der Waals surface area contributed by atoms with Crippen molar-refractivity contribution in [3.05, 3.63) is 65.3 Å². The zero-order chi connectivity index (χ0) is 22.0. The van der Waals surface area contributed by atoms with Crippen molar-refractivity contribution in [1.29, 1.82) is 0 Å². The van der Waals surface area contributed by atoms with Gasteiger partial charge in [-0.05, 0) is 37.4 Å². The molecule has 9 heteroatoms. The van der Waals surface area contributed by atoms with Gasteiger partial charge >= 0.3 is 6.18 Å². The first kappa shape index (κ1) is 21.4. The Labute approximate surface area is 183 Å². The number of alkyl halides is 3. The lowest BCUT2D eigenvalue weighted by molar-refractivity contribution is -0.137. The van der Waals surface area contributed by atoms with E-state index in [0.717, 1.165) is 24.7 Å². The van der Waals surface area contributed by atoms with E-state index in [9.17, 15) is 13.2 Å². The van der Waals surface area contributed by atoms with E-state index in [-0.39, 0.29) is 17.3 Å². The second kappa shape index (κ2) is 8.72. The smallest absolute Gasteiger partial charge is 0.368 e. The fraction of sp³-hybridized carbons (Fsp3) is 0.273. The van der Waals surface area contributed by atoms with Crippen molar-refractivity contribution in [1.82, 2.24) is 14.9 Å². The highest BCUT2D eigenvalue weighted by Gasteiger charge is 2.35. The van der Waals surface area contributed by atoms with E-state index in [4.69, 9.17) is 11.6 Å². The molecule has 1 aromatic heterocycles. The van der Waals surface area contributed by atoms with Crippen LogP contribution in [0.25, 0.3) is 11.3 Å². The lowest BCUT2D eigenvalue weighted by Crippen LogP contribution is -2.45. The summed E-state index contributed by atoms with van der Waals surface area (Å²) in [6.07, 6.45) is -2.94. The van der Waals surface area contributed by atoms with Gasteiger partial charge in [-0.2, -0.15) is 13.2 Å². The summed E-state index contributed by atoms with van der Waals surface area (Å²) in [5.41, 5.74) is 1.08. The van der Waals surface area contributed by atoms with Crippen molar-refractivity contribution in [2.24, 2.45) is 0 Å². The number of piperazine rings is 1. The van der Waals surface area contributed by atoms with Gasteiger partial charge in [0.15, 0.2) is 0 Å². The molecule has 0 amide bonds. The predicted octanol–water partition coefficient (Wildman–Crippen LogP) is 5.31. The van der Waals surface area contributed by atoms with Gasteiger partial charge in [-0.25, -0.2) is 9.97 Å². The van der Waals surface area contributed by atoms with Crippen molar-refractivity contribution in [3.63, 3.8) is 0 Å². The molecular formula is C22H21ClF3N5. The Kier molecular flexibility index (Phi) is 6.02. The molecule has 1 fully saturated rings. The molecule has 0 radical (unpaired) electrons. The highest BCUT2D eigenvalue weighted by Crippen LogP contribution is 2.39. The average Bonchev–Trinajstić information content (AvgIpc) is 2.74. The van der Waals surface area contributed by atoms with Gasteiger partial charge in [-0.3, -0.25) is 0 Å². The van der Waals surface area contributed by atoms with Crippen LogP contribution >= 0.6 is 11.6 Å². The van der Waals surface area contributed by atoms with Crippen LogP contribution in [0.2, 0.25) is 5.02 Å². The van der Waals surface area contributed by atoms with Crippen LogP contribution in [0.3, 0.4) is 0 Å². The molecule has 0 atom stereocenters. The Balaban J connectivity index is 1.62. The van der Waals surface area contributed by atoms with Crippen LogP contribution < -0.4 is 10.2 Å². The average molecular weight is 448 g/mol. The van der Waals surface area contributed by atoms with Crippen LogP contribution in [-0.2, 0) is 6.18 Å². The summed E-state index contributed by atoms with van der Waals surface area (Å²) < 4.78 is 41.5. The predicted molar refractivity (Wildman–Crippen MR) is 117 cm³/mol. The van der Waals surface area contributed by atoms with Crippen molar-refractivity contribution in [2.75, 3.05) is 43.4 Å². The first-order valence-electron chi connectivity index (χ1n) is 9.81. The second-order valence-corrected chi connectivity index (χ2v) is 7.80. The number of aromatic nitrogens is 2. The van der Waals surface area contributed by atoms with Crippen LogP contribution in [0.15, 0.2) is 54.7 Å². The zero-order valence-electron chi connectivity index (χ0n) is 16.8. The van der Waals surface area contributed by atoms with Gasteiger partial charge in [0.25, 0.3) is 0 Å². The number of nitrogens with zero attached hydrogens (tertiary/aromatic N) is 4. The molecule has 1 saturated heterocycles. The first-order valence-corrected chi connectivity index (χ1v) is 10.2. The highest BCUT2D eigenvalue weighted by molar-refractivity contribution is 6.33. The van der Waals surface area contributed by atoms with Crippen LogP contribution in [0.5, 0.6) is 0 Å². The molecule has 1 N–H and O–H groups in total. The molecule has 5 nitrogen and oxygen atoms in total. The monoisotopic (exact) mass is 447 g/mol. The first-order chi connectivity index (χ1) is 14.8. The van der Waals surface area contributed by atoms with Gasteiger partial charge in [-0.1, -0.05) is 29.8 Å². The van der Waals surface area contributed by atoms with Crippen molar-refractivity contribution in [2.45, 2.75) is 6.18 Å². The molecule has 2 aromatic carbocycles. The molecule has 0 unspecified atom stereocenters. The number of hydrogen-bond acceptors (Lipinski definition) is 5. The topological polar surface area (TPSA) is 44.3 Å². The van der Waals surface area contributed by atoms with Gasteiger partial charge < -0.3 is 15.1 Å². The number of benzene rings is 2. The molecule has 3 aromatic rings. The summed E-state index contributed by atoms with van der Waals surface area (Å²) in [6, 6.07) is 13.2. The lowest BCUT2D eigenvalue weighted by Gasteiger charge is -2.35. The van der Waals surface area contributed by atoms with Crippen LogP contribution in [0, 0.1) is 0 Å². The number of halogens is 4.